The second kappa shape index (κ2) is 8.96. The molecule has 1 N–H and O–H groups in total. The maximum Gasteiger partial charge on any atom is 0.390 e. The van der Waals surface area contributed by atoms with Gasteiger partial charge in [0.05, 0.1) is 6.42 Å². The van der Waals surface area contributed by atoms with Gasteiger partial charge in [-0.2, -0.15) is 13.2 Å². The highest BCUT2D eigenvalue weighted by molar-refractivity contribution is 5.85. The average molecular weight is 359 g/mol. The quantitative estimate of drug-likeness (QED) is 0.876. The van der Waals surface area contributed by atoms with Crippen LogP contribution in [0.1, 0.15) is 29.2 Å². The Morgan fingerprint density at radius 3 is 2.23 bits per heavy atom. The molecule has 0 radical (unpaired) electrons. The van der Waals surface area contributed by atoms with Crippen molar-refractivity contribution >= 4 is 24.8 Å². The van der Waals surface area contributed by atoms with Gasteiger partial charge in [-0.15, -0.1) is 24.8 Å². The van der Waals surface area contributed by atoms with E-state index in [0.717, 1.165) is 29.8 Å². The van der Waals surface area contributed by atoms with Crippen LogP contribution >= 0.6 is 24.8 Å². The van der Waals surface area contributed by atoms with E-state index in [9.17, 15) is 13.2 Å². The molecule has 128 valence electrons. The maximum absolute atomic E-state index is 12.9. The van der Waals surface area contributed by atoms with Gasteiger partial charge >= 0.3 is 6.18 Å². The summed E-state index contributed by atoms with van der Waals surface area (Å²) in [5.41, 5.74) is 2.82. The zero-order chi connectivity index (χ0) is 14.8. The molecule has 1 heterocycles. The van der Waals surface area contributed by atoms with Crippen LogP contribution in [-0.4, -0.2) is 37.3 Å². The fourth-order valence-electron chi connectivity index (χ4n) is 2.85. The Balaban J connectivity index is 0.00000220. The van der Waals surface area contributed by atoms with E-state index in [0.29, 0.717) is 13.1 Å². The monoisotopic (exact) mass is 358 g/mol. The average Bonchev–Trinajstić information content (AvgIpc) is 2.36. The number of halogens is 5. The molecule has 1 aliphatic rings. The number of hydrogen-bond donors (Lipinski definition) is 1. The van der Waals surface area contributed by atoms with E-state index in [1.807, 2.05) is 36.9 Å². The number of rotatable bonds is 3. The highest BCUT2D eigenvalue weighted by Gasteiger charge is 2.36. The number of alkyl halides is 3. The SMILES string of the molecule is Cc1ccc([C@H](CC(F)(F)F)N2CCNCC2)c(C)c1.Cl.Cl. The van der Waals surface area contributed by atoms with Gasteiger partial charge in [0, 0.05) is 32.2 Å². The molecule has 22 heavy (non-hydrogen) atoms. The van der Waals surface area contributed by atoms with Crippen LogP contribution in [-0.2, 0) is 0 Å². The molecule has 1 aromatic rings. The van der Waals surface area contributed by atoms with Crippen LogP contribution in [0.2, 0.25) is 0 Å². The van der Waals surface area contributed by atoms with Gasteiger partial charge in [-0.05, 0) is 25.0 Å². The molecule has 0 spiro atoms. The highest BCUT2D eigenvalue weighted by atomic mass is 35.5. The Morgan fingerprint density at radius 1 is 1.14 bits per heavy atom. The van der Waals surface area contributed by atoms with Crippen molar-refractivity contribution in [1.29, 1.82) is 0 Å². The van der Waals surface area contributed by atoms with Gasteiger partial charge in [0.2, 0.25) is 0 Å². The molecule has 0 aromatic heterocycles. The molecule has 0 aliphatic carbocycles. The Morgan fingerprint density at radius 2 is 1.73 bits per heavy atom. The second-order valence-electron chi connectivity index (χ2n) is 5.48. The van der Waals surface area contributed by atoms with Gasteiger partial charge in [0.15, 0.2) is 0 Å². The topological polar surface area (TPSA) is 15.3 Å². The predicted octanol–water partition coefficient (Wildman–Crippen LogP) is 4.05. The van der Waals surface area contributed by atoms with E-state index < -0.39 is 18.6 Å². The Hall–Kier alpha value is -0.490. The maximum atomic E-state index is 12.9. The van der Waals surface area contributed by atoms with Crippen molar-refractivity contribution in [2.75, 3.05) is 26.2 Å². The molecule has 7 heteroatoms. The van der Waals surface area contributed by atoms with E-state index in [-0.39, 0.29) is 24.8 Å². The number of aryl methyl sites for hydroxylation is 2. The van der Waals surface area contributed by atoms with Crippen LogP contribution in [0.25, 0.3) is 0 Å². The molecular weight excluding hydrogens is 336 g/mol. The van der Waals surface area contributed by atoms with E-state index in [1.54, 1.807) is 0 Å². The minimum Gasteiger partial charge on any atom is -0.314 e. The summed E-state index contributed by atoms with van der Waals surface area (Å²) in [5.74, 6) is 0. The van der Waals surface area contributed by atoms with Crippen molar-refractivity contribution in [3.8, 4) is 0 Å². The first-order valence-electron chi connectivity index (χ1n) is 6.95. The fraction of sp³-hybridized carbons (Fsp3) is 0.600. The molecule has 1 atom stereocenters. The molecular formula is C15H23Cl2F3N2. The minimum atomic E-state index is -4.15. The van der Waals surface area contributed by atoms with Gasteiger partial charge in [-0.3, -0.25) is 4.90 Å². The Kier molecular flexibility index (Phi) is 8.77. The van der Waals surface area contributed by atoms with Gasteiger partial charge in [-0.1, -0.05) is 23.8 Å². The van der Waals surface area contributed by atoms with E-state index >= 15 is 0 Å². The van der Waals surface area contributed by atoms with Crippen molar-refractivity contribution in [2.24, 2.45) is 0 Å². The van der Waals surface area contributed by atoms with Gasteiger partial charge in [0.25, 0.3) is 0 Å². The molecule has 1 fully saturated rings. The van der Waals surface area contributed by atoms with E-state index in [1.165, 1.54) is 0 Å². The number of piperazine rings is 1. The Bertz CT molecular complexity index is 461. The van der Waals surface area contributed by atoms with Crippen molar-refractivity contribution < 1.29 is 13.2 Å². The van der Waals surface area contributed by atoms with Crippen molar-refractivity contribution in [2.45, 2.75) is 32.5 Å². The lowest BCUT2D eigenvalue weighted by Gasteiger charge is -2.36. The number of benzene rings is 1. The van der Waals surface area contributed by atoms with Gasteiger partial charge in [-0.25, -0.2) is 0 Å². The summed E-state index contributed by atoms with van der Waals surface area (Å²) in [7, 11) is 0. The van der Waals surface area contributed by atoms with Crippen LogP contribution in [0.4, 0.5) is 13.2 Å². The molecule has 1 aliphatic heterocycles. The normalized spacial score (nSPS) is 17.3. The molecule has 1 saturated heterocycles. The molecule has 0 unspecified atom stereocenters. The van der Waals surface area contributed by atoms with Gasteiger partial charge in [0.1, 0.15) is 0 Å². The van der Waals surface area contributed by atoms with Crippen molar-refractivity contribution in [1.82, 2.24) is 10.2 Å². The minimum absolute atomic E-state index is 0. The summed E-state index contributed by atoms with van der Waals surface area (Å²) in [6.07, 6.45) is -4.93. The van der Waals surface area contributed by atoms with Crippen molar-refractivity contribution in [3.63, 3.8) is 0 Å². The summed E-state index contributed by atoms with van der Waals surface area (Å²) < 4.78 is 38.7. The van der Waals surface area contributed by atoms with Gasteiger partial charge < -0.3 is 5.32 Å². The fourth-order valence-corrected chi connectivity index (χ4v) is 2.85. The summed E-state index contributed by atoms with van der Waals surface area (Å²) in [5, 5.41) is 3.18. The smallest absolute Gasteiger partial charge is 0.314 e. The lowest BCUT2D eigenvalue weighted by molar-refractivity contribution is -0.148. The first-order chi connectivity index (χ1) is 9.37. The van der Waals surface area contributed by atoms with Crippen molar-refractivity contribution in [3.05, 3.63) is 34.9 Å². The summed E-state index contributed by atoms with van der Waals surface area (Å²) in [6.45, 7) is 6.68. The van der Waals surface area contributed by atoms with E-state index in [2.05, 4.69) is 5.32 Å². The third kappa shape index (κ3) is 5.95. The summed E-state index contributed by atoms with van der Waals surface area (Å²) in [4.78, 5) is 1.95. The van der Waals surface area contributed by atoms with Crippen LogP contribution in [0.3, 0.4) is 0 Å². The summed E-state index contributed by atoms with van der Waals surface area (Å²) in [6, 6.07) is 5.13. The third-order valence-electron chi connectivity index (χ3n) is 3.80. The molecule has 0 amide bonds. The van der Waals surface area contributed by atoms with Crippen LogP contribution in [0.15, 0.2) is 18.2 Å². The van der Waals surface area contributed by atoms with Crippen LogP contribution in [0, 0.1) is 13.8 Å². The number of nitrogens with zero attached hydrogens (tertiary/aromatic N) is 1. The first-order valence-corrected chi connectivity index (χ1v) is 6.95. The standard InChI is InChI=1S/C15H21F3N2.2ClH/c1-11-3-4-13(12(2)9-11)14(10-15(16,17)18)20-7-5-19-6-8-20;;/h3-4,9,14,19H,5-8,10H2,1-2H3;2*1H/t14-;;/m0../s1. The molecule has 0 bridgehead atoms. The van der Waals surface area contributed by atoms with E-state index in [4.69, 9.17) is 0 Å². The number of nitrogens with one attached hydrogen (secondary N) is 1. The molecule has 2 nitrogen and oxygen atoms in total. The zero-order valence-corrected chi connectivity index (χ0v) is 14.4. The first kappa shape index (κ1) is 21.5. The molecule has 0 saturated carbocycles. The lowest BCUT2D eigenvalue weighted by atomic mass is 9.95. The Labute approximate surface area is 142 Å². The third-order valence-corrected chi connectivity index (χ3v) is 3.80. The largest absolute Gasteiger partial charge is 0.390 e. The zero-order valence-electron chi connectivity index (χ0n) is 12.7. The summed E-state index contributed by atoms with van der Waals surface area (Å²) >= 11 is 0. The highest BCUT2D eigenvalue weighted by Crippen LogP contribution is 2.35. The second-order valence-corrected chi connectivity index (χ2v) is 5.48. The lowest BCUT2D eigenvalue weighted by Crippen LogP contribution is -2.46. The number of hydrogen-bond acceptors (Lipinski definition) is 2. The molecule has 2 rings (SSSR count). The van der Waals surface area contributed by atoms with Crippen LogP contribution in [0.5, 0.6) is 0 Å². The predicted molar refractivity (Wildman–Crippen MR) is 88.3 cm³/mol. The van der Waals surface area contributed by atoms with Crippen LogP contribution < -0.4 is 5.32 Å². The molecule has 1 aromatic carbocycles.